The third-order valence-corrected chi connectivity index (χ3v) is 4.86. The summed E-state index contributed by atoms with van der Waals surface area (Å²) in [7, 11) is 0. The van der Waals surface area contributed by atoms with E-state index in [2.05, 4.69) is 16.0 Å². The molecule has 13 heteroatoms. The fraction of sp³-hybridized carbons (Fsp3) is 0.571. The lowest BCUT2D eigenvalue weighted by Gasteiger charge is -2.27. The molecule has 7 N–H and O–H groups in total. The predicted molar refractivity (Wildman–Crippen MR) is 119 cm³/mol. The predicted octanol–water partition coefficient (Wildman–Crippen LogP) is -1.79. The van der Waals surface area contributed by atoms with Gasteiger partial charge in [-0.05, 0) is 12.8 Å². The monoisotopic (exact) mass is 480 g/mol. The number of hydrogen-bond acceptors (Lipinski definition) is 7. The zero-order chi connectivity index (χ0) is 26.1. The number of urea groups is 1. The van der Waals surface area contributed by atoms with E-state index in [9.17, 15) is 33.6 Å². The van der Waals surface area contributed by atoms with Gasteiger partial charge in [-0.25, -0.2) is 4.79 Å². The molecule has 0 saturated heterocycles. The van der Waals surface area contributed by atoms with Crippen molar-refractivity contribution in [1.29, 1.82) is 0 Å². The van der Waals surface area contributed by atoms with Crippen LogP contribution in [0, 0.1) is 5.41 Å². The van der Waals surface area contributed by atoms with E-state index >= 15 is 0 Å². The highest BCUT2D eigenvalue weighted by molar-refractivity contribution is 6.13. The van der Waals surface area contributed by atoms with Crippen LogP contribution in [0.1, 0.15) is 46.5 Å². The van der Waals surface area contributed by atoms with Crippen molar-refractivity contribution in [1.82, 2.24) is 20.9 Å². The minimum atomic E-state index is -1.37. The summed E-state index contributed by atoms with van der Waals surface area (Å²) in [6.07, 6.45) is 1.83. The van der Waals surface area contributed by atoms with Gasteiger partial charge in [0.1, 0.15) is 6.04 Å². The van der Waals surface area contributed by atoms with Gasteiger partial charge in [-0.3, -0.25) is 33.7 Å². The molecule has 1 aliphatic rings. The maximum Gasteiger partial charge on any atom is 0.312 e. The molecule has 0 aromatic heterocycles. The molecular formula is C21H32N6O7. The summed E-state index contributed by atoms with van der Waals surface area (Å²) in [5, 5.41) is 7.30. The number of nitrogens with zero attached hydrogens (tertiary/aromatic N) is 1. The number of amides is 7. The average molecular weight is 481 g/mol. The molecule has 0 saturated carbocycles. The van der Waals surface area contributed by atoms with Crippen molar-refractivity contribution >= 4 is 41.4 Å². The molecule has 1 heterocycles. The van der Waals surface area contributed by atoms with Gasteiger partial charge in [-0.15, -0.1) is 0 Å². The number of carbonyl (C=O) groups is 7. The molecule has 13 nitrogen and oxygen atoms in total. The Morgan fingerprint density at radius 3 is 2.06 bits per heavy atom. The Bertz CT molecular complexity index is 859. The number of nitrogens with two attached hydrogens (primary N) is 2. The van der Waals surface area contributed by atoms with Gasteiger partial charge in [0.2, 0.25) is 17.7 Å². The topological polar surface area (TPSA) is 211 Å². The lowest BCUT2D eigenvalue weighted by molar-refractivity contribution is -0.137. The number of hydrogen-bond donors (Lipinski definition) is 5. The molecular weight excluding hydrogens is 448 g/mol. The van der Waals surface area contributed by atoms with E-state index in [0.717, 1.165) is 17.1 Å². The molecule has 7 amide bonds. The van der Waals surface area contributed by atoms with E-state index in [1.165, 1.54) is 0 Å². The smallest absolute Gasteiger partial charge is 0.312 e. The third kappa shape index (κ3) is 9.38. The van der Waals surface area contributed by atoms with Crippen molar-refractivity contribution in [3.05, 3.63) is 12.2 Å². The molecule has 0 radical (unpaired) electrons. The Balaban J connectivity index is 2.83. The Morgan fingerprint density at radius 1 is 0.971 bits per heavy atom. The first kappa shape index (κ1) is 28.3. The second-order valence-corrected chi connectivity index (χ2v) is 8.81. The molecule has 0 aliphatic carbocycles. The van der Waals surface area contributed by atoms with Crippen molar-refractivity contribution in [2.24, 2.45) is 16.9 Å². The summed E-state index contributed by atoms with van der Waals surface area (Å²) >= 11 is 0. The number of primary amides is 2. The largest absolute Gasteiger partial charge is 0.370 e. The Labute approximate surface area is 197 Å². The molecule has 0 aromatic rings. The van der Waals surface area contributed by atoms with E-state index in [0.29, 0.717) is 6.42 Å². The molecule has 0 spiro atoms. The number of rotatable bonds is 13. The molecule has 0 bridgehead atoms. The molecule has 1 rings (SSSR count). The fourth-order valence-electron chi connectivity index (χ4n) is 3.12. The maximum absolute atomic E-state index is 12.9. The quantitative estimate of drug-likeness (QED) is 0.151. The van der Waals surface area contributed by atoms with Crippen molar-refractivity contribution in [2.75, 3.05) is 13.1 Å². The highest BCUT2D eigenvalue weighted by atomic mass is 16.2. The summed E-state index contributed by atoms with van der Waals surface area (Å²) < 4.78 is 0. The van der Waals surface area contributed by atoms with Crippen LogP contribution in [0.2, 0.25) is 0 Å². The minimum absolute atomic E-state index is 0.172. The first-order valence-corrected chi connectivity index (χ1v) is 10.7. The molecule has 0 fully saturated rings. The van der Waals surface area contributed by atoms with Crippen LogP contribution in [0.3, 0.4) is 0 Å². The Kier molecular flexibility index (Phi) is 10.4. The Morgan fingerprint density at radius 2 is 1.56 bits per heavy atom. The van der Waals surface area contributed by atoms with Crippen molar-refractivity contribution < 1.29 is 33.6 Å². The second-order valence-electron chi connectivity index (χ2n) is 8.81. The summed E-state index contributed by atoms with van der Waals surface area (Å²) in [5.74, 6) is -3.76. The van der Waals surface area contributed by atoms with Gasteiger partial charge in [0.15, 0.2) is 5.78 Å². The number of Topliss-reactive ketones (excluding diaryl/α,β-unsaturated/α-hetero) is 1. The van der Waals surface area contributed by atoms with E-state index in [-0.39, 0.29) is 31.7 Å². The van der Waals surface area contributed by atoms with Crippen LogP contribution >= 0.6 is 0 Å². The number of ketones is 1. The van der Waals surface area contributed by atoms with Crippen molar-refractivity contribution in [3.63, 3.8) is 0 Å². The maximum atomic E-state index is 12.9. The van der Waals surface area contributed by atoms with E-state index < -0.39 is 59.5 Å². The van der Waals surface area contributed by atoms with Gasteiger partial charge in [0.25, 0.3) is 11.8 Å². The van der Waals surface area contributed by atoms with Crippen LogP contribution in [0.15, 0.2) is 12.2 Å². The molecule has 34 heavy (non-hydrogen) atoms. The van der Waals surface area contributed by atoms with Crippen LogP contribution in [0.5, 0.6) is 0 Å². The van der Waals surface area contributed by atoms with E-state index in [1.807, 2.05) is 0 Å². The van der Waals surface area contributed by atoms with Crippen LogP contribution in [0.4, 0.5) is 4.79 Å². The number of nitrogens with one attached hydrogen (secondary N) is 3. The van der Waals surface area contributed by atoms with Crippen LogP contribution in [0.25, 0.3) is 0 Å². The van der Waals surface area contributed by atoms with E-state index in [1.54, 1.807) is 20.8 Å². The molecule has 1 aliphatic heterocycles. The fourth-order valence-corrected chi connectivity index (χ4v) is 3.12. The zero-order valence-corrected chi connectivity index (χ0v) is 19.5. The van der Waals surface area contributed by atoms with Crippen molar-refractivity contribution in [3.8, 4) is 0 Å². The third-order valence-electron chi connectivity index (χ3n) is 4.86. The summed E-state index contributed by atoms with van der Waals surface area (Å²) in [6.45, 7) is 5.00. The first-order valence-electron chi connectivity index (χ1n) is 10.7. The molecule has 2 atom stereocenters. The van der Waals surface area contributed by atoms with Gasteiger partial charge in [0.05, 0.1) is 12.5 Å². The van der Waals surface area contributed by atoms with Gasteiger partial charge in [-0.2, -0.15) is 0 Å². The standard InChI is InChI=1S/C21H32N6O7/c1-21(2,3)18(32)12(5-4-9-24-20(23)34)26-19(33)13(11-14(22)28)25-15(29)8-10-27-16(30)6-7-17(27)31/h6-7,12-13H,4-5,8-11H2,1-3H3,(H2,22,28)(H,25,29)(H,26,33)(H3,23,24,34)/t12-,13-/m0/s1. The van der Waals surface area contributed by atoms with Crippen LogP contribution < -0.4 is 27.4 Å². The van der Waals surface area contributed by atoms with Gasteiger partial charge in [-0.1, -0.05) is 20.8 Å². The highest BCUT2D eigenvalue weighted by Crippen LogP contribution is 2.19. The first-order chi connectivity index (χ1) is 15.7. The summed E-state index contributed by atoms with van der Waals surface area (Å²) in [6, 6.07) is -3.05. The zero-order valence-electron chi connectivity index (χ0n) is 19.5. The molecule has 0 aromatic carbocycles. The molecule has 188 valence electrons. The second kappa shape index (κ2) is 12.5. The SMILES string of the molecule is CC(C)(C)C(=O)[C@H](CCCNC(N)=O)NC(=O)[C@H](CC(N)=O)NC(=O)CCN1C(=O)C=CC1=O. The average Bonchev–Trinajstić information content (AvgIpc) is 3.03. The van der Waals surface area contributed by atoms with Crippen LogP contribution in [-0.2, 0) is 28.8 Å². The number of carbonyl (C=O) groups excluding carboxylic acids is 7. The molecule has 0 unspecified atom stereocenters. The van der Waals surface area contributed by atoms with Crippen LogP contribution in [-0.4, -0.2) is 71.4 Å². The van der Waals surface area contributed by atoms with Crippen molar-refractivity contribution in [2.45, 2.75) is 58.5 Å². The lowest BCUT2D eigenvalue weighted by atomic mass is 9.84. The summed E-state index contributed by atoms with van der Waals surface area (Å²) in [4.78, 5) is 84.3. The highest BCUT2D eigenvalue weighted by Gasteiger charge is 2.33. The van der Waals surface area contributed by atoms with E-state index in [4.69, 9.17) is 11.5 Å². The van der Waals surface area contributed by atoms with Gasteiger partial charge < -0.3 is 27.4 Å². The minimum Gasteiger partial charge on any atom is -0.370 e. The van der Waals surface area contributed by atoms with Gasteiger partial charge >= 0.3 is 6.03 Å². The summed E-state index contributed by atoms with van der Waals surface area (Å²) in [5.41, 5.74) is 9.42. The lowest BCUT2D eigenvalue weighted by Crippen LogP contribution is -2.54. The van der Waals surface area contributed by atoms with Gasteiger partial charge in [0, 0.05) is 37.1 Å². The normalized spacial score (nSPS) is 15.0. The number of imide groups is 1. The Hall–Kier alpha value is -3.77.